The van der Waals surface area contributed by atoms with E-state index in [-0.39, 0.29) is 26.9 Å². The first-order chi connectivity index (χ1) is 19.3. The number of ketones is 1. The molecule has 0 unspecified atom stereocenters. The second-order valence-electron chi connectivity index (χ2n) is 9.34. The Labute approximate surface area is 259 Å². The van der Waals surface area contributed by atoms with E-state index in [0.717, 1.165) is 17.0 Å². The lowest BCUT2D eigenvalue weighted by molar-refractivity contribution is -0.122. The van der Waals surface area contributed by atoms with Crippen LogP contribution in [0, 0.1) is 17.6 Å². The molecule has 41 heavy (non-hydrogen) atoms. The molecule has 1 fully saturated rings. The smallest absolute Gasteiger partial charge is 0.252 e. The predicted molar refractivity (Wildman–Crippen MR) is 157 cm³/mol. The van der Waals surface area contributed by atoms with Crippen molar-refractivity contribution in [2.24, 2.45) is 5.92 Å². The molecule has 0 saturated heterocycles. The Morgan fingerprint density at radius 3 is 2.32 bits per heavy atom. The molecule has 1 saturated carbocycles. The molecule has 3 aromatic carbocycles. The first kappa shape index (κ1) is 31.5. The van der Waals surface area contributed by atoms with Gasteiger partial charge in [-0.1, -0.05) is 46.9 Å². The van der Waals surface area contributed by atoms with Crippen LogP contribution in [-0.2, 0) is 20.7 Å². The number of nitrogens with zero attached hydrogens (tertiary/aromatic N) is 1. The largest absolute Gasteiger partial charge is 0.375 e. The number of hydrogen-bond donors (Lipinski definition) is 1. The van der Waals surface area contributed by atoms with E-state index >= 15 is 4.39 Å². The van der Waals surface area contributed by atoms with Crippen molar-refractivity contribution < 1.29 is 27.9 Å². The fourth-order valence-electron chi connectivity index (χ4n) is 4.45. The van der Waals surface area contributed by atoms with Crippen LogP contribution >= 0.6 is 58.0 Å². The lowest BCUT2D eigenvalue weighted by Crippen LogP contribution is -2.31. The number of alkyl halides is 2. The third-order valence-electron chi connectivity index (χ3n) is 6.65. The molecule has 0 aliphatic heterocycles. The first-order valence-corrected chi connectivity index (χ1v) is 13.9. The number of likely N-dealkylation sites (N-methyl/N-ethyl adjacent to an activating group) is 1. The van der Waals surface area contributed by atoms with Gasteiger partial charge in [-0.25, -0.2) is 8.78 Å². The zero-order valence-corrected chi connectivity index (χ0v) is 25.2. The van der Waals surface area contributed by atoms with Crippen LogP contribution in [0.1, 0.15) is 27.4 Å². The molecule has 6 nitrogen and oxygen atoms in total. The highest BCUT2D eigenvalue weighted by Gasteiger charge is 2.67. The molecule has 0 bridgehead atoms. The van der Waals surface area contributed by atoms with Crippen molar-refractivity contribution in [1.82, 2.24) is 0 Å². The van der Waals surface area contributed by atoms with E-state index in [1.807, 2.05) is 0 Å². The van der Waals surface area contributed by atoms with Crippen LogP contribution in [0.2, 0.25) is 15.1 Å². The summed E-state index contributed by atoms with van der Waals surface area (Å²) < 4.78 is 33.0. The van der Waals surface area contributed by atoms with Crippen LogP contribution in [0.15, 0.2) is 48.5 Å². The summed E-state index contributed by atoms with van der Waals surface area (Å²) in [5.74, 6) is -5.26. The lowest BCUT2D eigenvalue weighted by atomic mass is 10.0. The van der Waals surface area contributed by atoms with Gasteiger partial charge in [0.2, 0.25) is 5.91 Å². The maximum atomic E-state index is 15.2. The second kappa shape index (κ2) is 12.4. The van der Waals surface area contributed by atoms with Crippen molar-refractivity contribution in [2.75, 3.05) is 31.0 Å². The summed E-state index contributed by atoms with van der Waals surface area (Å²) in [6, 6.07) is 11.1. The maximum absolute atomic E-state index is 15.2. The Morgan fingerprint density at radius 1 is 0.976 bits per heavy atom. The Morgan fingerprint density at radius 2 is 1.66 bits per heavy atom. The van der Waals surface area contributed by atoms with E-state index in [2.05, 4.69) is 5.32 Å². The minimum atomic E-state index is -1.40. The zero-order chi connectivity index (χ0) is 30.2. The number of carbonyl (C=O) groups is 3. The molecule has 216 valence electrons. The first-order valence-electron chi connectivity index (χ1n) is 12.0. The summed E-state index contributed by atoms with van der Waals surface area (Å²) in [6.45, 7) is -0.393. The van der Waals surface area contributed by atoms with Gasteiger partial charge in [0.05, 0.1) is 21.0 Å². The molecule has 0 heterocycles. The van der Waals surface area contributed by atoms with Crippen molar-refractivity contribution in [3.8, 4) is 0 Å². The number of benzene rings is 3. The quantitative estimate of drug-likeness (QED) is 0.190. The van der Waals surface area contributed by atoms with Crippen molar-refractivity contribution in [2.45, 2.75) is 16.7 Å². The third kappa shape index (κ3) is 6.48. The highest BCUT2D eigenvalue weighted by Crippen LogP contribution is 2.65. The van der Waals surface area contributed by atoms with Crippen LogP contribution in [0.4, 0.5) is 20.2 Å². The second-order valence-corrected chi connectivity index (χ2v) is 12.0. The summed E-state index contributed by atoms with van der Waals surface area (Å²) in [5.41, 5.74) is 0.0588. The highest BCUT2D eigenvalue weighted by molar-refractivity contribution is 6.53. The van der Waals surface area contributed by atoms with Gasteiger partial charge in [0.1, 0.15) is 22.4 Å². The van der Waals surface area contributed by atoms with Crippen molar-refractivity contribution in [3.63, 3.8) is 0 Å². The number of halogens is 7. The molecule has 1 aliphatic rings. The molecular weight excluding hydrogens is 644 g/mol. The number of ether oxygens (including phenoxy) is 1. The number of nitrogens with one attached hydrogen (secondary N) is 1. The van der Waals surface area contributed by atoms with Crippen LogP contribution < -0.4 is 10.2 Å². The number of Topliss-reactive ketones (excluding diaryl/α,β-unsaturated/α-hetero) is 1. The van der Waals surface area contributed by atoms with Crippen LogP contribution in [0.25, 0.3) is 0 Å². The fraction of sp³-hybridized carbons (Fsp3) is 0.250. The van der Waals surface area contributed by atoms with Gasteiger partial charge < -0.3 is 15.0 Å². The van der Waals surface area contributed by atoms with Gasteiger partial charge in [-0.15, -0.1) is 23.2 Å². The molecule has 2 atom stereocenters. The number of methoxy groups -OCH3 is 1. The summed E-state index contributed by atoms with van der Waals surface area (Å²) in [5, 5.41) is 3.36. The topological polar surface area (TPSA) is 75.7 Å². The highest BCUT2D eigenvalue weighted by atomic mass is 35.5. The predicted octanol–water partition coefficient (Wildman–Crippen LogP) is 7.49. The Balaban J connectivity index is 1.52. The lowest BCUT2D eigenvalue weighted by Gasteiger charge is -2.19. The zero-order valence-electron chi connectivity index (χ0n) is 21.4. The third-order valence-corrected chi connectivity index (χ3v) is 8.66. The monoisotopic (exact) mass is 662 g/mol. The number of anilines is 2. The summed E-state index contributed by atoms with van der Waals surface area (Å²) in [4.78, 5) is 39.1. The molecule has 1 aliphatic carbocycles. The van der Waals surface area contributed by atoms with Gasteiger partial charge in [-0.3, -0.25) is 14.4 Å². The number of rotatable bonds is 9. The van der Waals surface area contributed by atoms with E-state index in [4.69, 9.17) is 62.7 Å². The molecule has 3 aromatic rings. The van der Waals surface area contributed by atoms with Crippen LogP contribution in [-0.4, -0.2) is 42.7 Å². The van der Waals surface area contributed by atoms with E-state index < -0.39 is 64.1 Å². The molecule has 0 radical (unpaired) electrons. The Bertz CT molecular complexity index is 1550. The minimum absolute atomic E-state index is 0.0154. The molecule has 0 spiro atoms. The van der Waals surface area contributed by atoms with E-state index in [9.17, 15) is 18.8 Å². The average molecular weight is 665 g/mol. The molecular formula is C28H21Cl5F2N2O4. The summed E-state index contributed by atoms with van der Waals surface area (Å²) >= 11 is 31.2. The standard InChI is InChI=1S/C28H21Cl5F2N2O4/c1-37(22(39)12-41-2)26-20(34)8-4-14(25(26)35)10-21(38)16-11-15(5-7-17(16)29)36-27(40)24-23(28(24,32)33)13-3-6-18(30)19(31)9-13/h3-9,11,23-24H,10,12H2,1-2H3,(H,36,40)/t23-,24+/m0/s1. The Hall–Kier alpha value is -2.46. The van der Waals surface area contributed by atoms with Gasteiger partial charge in [0, 0.05) is 37.7 Å². The molecule has 4 rings (SSSR count). The van der Waals surface area contributed by atoms with E-state index in [0.29, 0.717) is 10.6 Å². The fourth-order valence-corrected chi connectivity index (χ4v) is 5.81. The number of amides is 2. The van der Waals surface area contributed by atoms with Gasteiger partial charge in [-0.05, 0) is 47.5 Å². The molecule has 2 amide bonds. The number of carbonyl (C=O) groups excluding carboxylic acids is 3. The van der Waals surface area contributed by atoms with Crippen molar-refractivity contribution in [1.29, 1.82) is 0 Å². The summed E-state index contributed by atoms with van der Waals surface area (Å²) in [7, 11) is 2.47. The molecule has 13 heteroatoms. The van der Waals surface area contributed by atoms with Crippen molar-refractivity contribution in [3.05, 3.63) is 91.9 Å². The van der Waals surface area contributed by atoms with Gasteiger partial charge in [-0.2, -0.15) is 0 Å². The molecule has 0 aromatic heterocycles. The number of hydrogen-bond acceptors (Lipinski definition) is 4. The van der Waals surface area contributed by atoms with Crippen molar-refractivity contribution >= 4 is 87.0 Å². The van der Waals surface area contributed by atoms with Gasteiger partial charge >= 0.3 is 0 Å². The van der Waals surface area contributed by atoms with E-state index in [1.165, 1.54) is 32.4 Å². The minimum Gasteiger partial charge on any atom is -0.375 e. The average Bonchev–Trinajstić information content (AvgIpc) is 3.50. The summed E-state index contributed by atoms with van der Waals surface area (Å²) in [6.07, 6.45) is -0.503. The normalized spacial score (nSPS) is 17.2. The van der Waals surface area contributed by atoms with Gasteiger partial charge in [0.15, 0.2) is 11.6 Å². The van der Waals surface area contributed by atoms with E-state index in [1.54, 1.807) is 18.2 Å². The van der Waals surface area contributed by atoms with Gasteiger partial charge in [0.25, 0.3) is 5.91 Å². The van der Waals surface area contributed by atoms with Crippen LogP contribution in [0.3, 0.4) is 0 Å². The maximum Gasteiger partial charge on any atom is 0.252 e. The van der Waals surface area contributed by atoms with Crippen LogP contribution in [0.5, 0.6) is 0 Å². The Kier molecular flexibility index (Phi) is 9.53. The SMILES string of the molecule is COCC(=O)N(C)c1c(F)ccc(CC(=O)c2cc(NC(=O)[C@H]3[C@H](c4ccc(Cl)c(Cl)c4)C3(Cl)Cl)ccc2Cl)c1F. The molecule has 1 N–H and O–H groups in total.